The van der Waals surface area contributed by atoms with Gasteiger partial charge in [0.1, 0.15) is 5.78 Å². The zero-order valence-electron chi connectivity index (χ0n) is 10.2. The van der Waals surface area contributed by atoms with E-state index in [0.29, 0.717) is 13.0 Å². The van der Waals surface area contributed by atoms with Crippen molar-refractivity contribution in [2.45, 2.75) is 39.0 Å². The number of Topliss-reactive ketones (excluding diaryl/α,β-unsaturated/α-hetero) is 1. The number of hydrogen-bond donors (Lipinski definition) is 0. The molecule has 2 fully saturated rings. The molecule has 0 aromatic rings. The molecule has 4 aliphatic rings. The predicted molar refractivity (Wildman–Crippen MR) is 62.2 cm³/mol. The van der Waals surface area contributed by atoms with Crippen molar-refractivity contribution in [3.63, 3.8) is 0 Å². The second-order valence-electron chi connectivity index (χ2n) is 5.56. The molecule has 4 aliphatic carbocycles. The predicted octanol–water partition coefficient (Wildman–Crippen LogP) is 2.26. The normalized spacial score (nSPS) is 38.9. The number of ketones is 1. The van der Waals surface area contributed by atoms with Gasteiger partial charge in [-0.15, -0.1) is 0 Å². The van der Waals surface area contributed by atoms with Gasteiger partial charge in [0, 0.05) is 12.3 Å². The van der Waals surface area contributed by atoms with E-state index in [0.717, 1.165) is 19.3 Å². The smallest absolute Gasteiger partial charge is 0.310 e. The molecule has 4 rings (SSSR count). The van der Waals surface area contributed by atoms with Gasteiger partial charge in [0.25, 0.3) is 0 Å². The molecule has 3 heteroatoms. The van der Waals surface area contributed by atoms with E-state index >= 15 is 0 Å². The van der Waals surface area contributed by atoms with Crippen LogP contribution >= 0.6 is 0 Å². The van der Waals surface area contributed by atoms with Crippen LogP contribution in [0.25, 0.3) is 0 Å². The molecule has 0 aliphatic heterocycles. The van der Waals surface area contributed by atoms with Gasteiger partial charge >= 0.3 is 5.97 Å². The maximum atomic E-state index is 12.1. The fourth-order valence-electron chi connectivity index (χ4n) is 3.94. The minimum absolute atomic E-state index is 0.0310. The van der Waals surface area contributed by atoms with E-state index < -0.39 is 0 Å². The largest absolute Gasteiger partial charge is 0.466 e. The third kappa shape index (κ3) is 1.48. The molecule has 0 aromatic carbocycles. The standard InChI is InChI=1S/C14H18O3/c1-2-17-13(16)11-7-14-5-3-4-9(14)6-10(11)12(15)8-14/h6,10-11H,2-5,7-8H2,1H3. The van der Waals surface area contributed by atoms with Crippen molar-refractivity contribution in [1.29, 1.82) is 0 Å². The monoisotopic (exact) mass is 234 g/mol. The van der Waals surface area contributed by atoms with E-state index in [2.05, 4.69) is 6.08 Å². The van der Waals surface area contributed by atoms with Crippen LogP contribution in [0, 0.1) is 17.3 Å². The number of allylic oxidation sites excluding steroid dienone is 2. The summed E-state index contributed by atoms with van der Waals surface area (Å²) in [5.41, 5.74) is 1.48. The first-order chi connectivity index (χ1) is 8.16. The van der Waals surface area contributed by atoms with Crippen molar-refractivity contribution in [3.8, 4) is 0 Å². The van der Waals surface area contributed by atoms with Crippen LogP contribution in [0.4, 0.5) is 0 Å². The van der Waals surface area contributed by atoms with Gasteiger partial charge in [-0.3, -0.25) is 9.59 Å². The van der Waals surface area contributed by atoms with Gasteiger partial charge in [-0.2, -0.15) is 0 Å². The summed E-state index contributed by atoms with van der Waals surface area (Å²) >= 11 is 0. The van der Waals surface area contributed by atoms with Gasteiger partial charge in [0.2, 0.25) is 0 Å². The lowest BCUT2D eigenvalue weighted by Crippen LogP contribution is -2.46. The van der Waals surface area contributed by atoms with E-state index in [1.165, 1.54) is 12.0 Å². The van der Waals surface area contributed by atoms with Gasteiger partial charge in [-0.05, 0) is 38.0 Å². The first-order valence-corrected chi connectivity index (χ1v) is 6.57. The first-order valence-electron chi connectivity index (χ1n) is 6.57. The lowest BCUT2D eigenvalue weighted by atomic mass is 9.57. The fraction of sp³-hybridized carbons (Fsp3) is 0.714. The third-order valence-corrected chi connectivity index (χ3v) is 4.68. The highest BCUT2D eigenvalue weighted by Crippen LogP contribution is 2.58. The molecule has 1 spiro atoms. The number of hydrogen-bond acceptors (Lipinski definition) is 3. The Morgan fingerprint density at radius 3 is 3.18 bits per heavy atom. The molecule has 0 saturated heterocycles. The summed E-state index contributed by atoms with van der Waals surface area (Å²) in [4.78, 5) is 24.0. The molecule has 2 saturated carbocycles. The Morgan fingerprint density at radius 1 is 1.59 bits per heavy atom. The van der Waals surface area contributed by atoms with E-state index in [4.69, 9.17) is 4.74 Å². The number of rotatable bonds is 2. The highest BCUT2D eigenvalue weighted by atomic mass is 16.5. The molecule has 0 amide bonds. The van der Waals surface area contributed by atoms with Crippen LogP contribution < -0.4 is 0 Å². The van der Waals surface area contributed by atoms with Crippen LogP contribution in [0.1, 0.15) is 39.0 Å². The van der Waals surface area contributed by atoms with Crippen molar-refractivity contribution < 1.29 is 14.3 Å². The minimum atomic E-state index is -0.210. The quantitative estimate of drug-likeness (QED) is 0.543. The maximum Gasteiger partial charge on any atom is 0.310 e. The van der Waals surface area contributed by atoms with E-state index in [9.17, 15) is 9.59 Å². The third-order valence-electron chi connectivity index (χ3n) is 4.68. The zero-order valence-corrected chi connectivity index (χ0v) is 10.2. The number of fused-ring (bicyclic) bond motifs is 2. The molecular formula is C14H18O3. The Balaban J connectivity index is 1.93. The Labute approximate surface area is 101 Å². The first kappa shape index (κ1) is 11.0. The second-order valence-corrected chi connectivity index (χ2v) is 5.56. The zero-order chi connectivity index (χ0) is 12.0. The molecule has 3 unspecified atom stereocenters. The van der Waals surface area contributed by atoms with Crippen LogP contribution in [-0.4, -0.2) is 18.4 Å². The summed E-state index contributed by atoms with van der Waals surface area (Å²) in [6.45, 7) is 2.22. The minimum Gasteiger partial charge on any atom is -0.466 e. The number of carbonyl (C=O) groups is 2. The van der Waals surface area contributed by atoms with Gasteiger partial charge in [0.15, 0.2) is 0 Å². The molecule has 17 heavy (non-hydrogen) atoms. The van der Waals surface area contributed by atoms with Crippen molar-refractivity contribution in [2.75, 3.05) is 6.61 Å². The fourth-order valence-corrected chi connectivity index (χ4v) is 3.94. The summed E-state index contributed by atoms with van der Waals surface area (Å²) in [5, 5.41) is 0. The summed E-state index contributed by atoms with van der Waals surface area (Å²) in [6.07, 6.45) is 6.96. The lowest BCUT2D eigenvalue weighted by molar-refractivity contribution is -0.156. The molecular weight excluding hydrogens is 216 g/mol. The Kier molecular flexibility index (Phi) is 2.39. The molecule has 0 heterocycles. The van der Waals surface area contributed by atoms with Crippen molar-refractivity contribution in [2.24, 2.45) is 17.3 Å². The van der Waals surface area contributed by atoms with Crippen LogP contribution in [0.2, 0.25) is 0 Å². The van der Waals surface area contributed by atoms with Crippen LogP contribution in [0.5, 0.6) is 0 Å². The summed E-state index contributed by atoms with van der Waals surface area (Å²) in [7, 11) is 0. The Hall–Kier alpha value is -1.12. The summed E-state index contributed by atoms with van der Waals surface area (Å²) < 4.78 is 5.11. The molecule has 0 radical (unpaired) electrons. The SMILES string of the molecule is CCOC(=O)C1CC23CCCC2=CC1C(=O)C3. The Bertz CT molecular complexity index is 410. The summed E-state index contributed by atoms with van der Waals surface area (Å²) in [5.74, 6) is -0.325. The van der Waals surface area contributed by atoms with Crippen molar-refractivity contribution in [1.82, 2.24) is 0 Å². The van der Waals surface area contributed by atoms with Gasteiger partial charge in [-0.25, -0.2) is 0 Å². The average molecular weight is 234 g/mol. The number of ether oxygens (including phenoxy) is 1. The average Bonchev–Trinajstić information content (AvgIpc) is 2.70. The highest BCUT2D eigenvalue weighted by Gasteiger charge is 2.54. The second kappa shape index (κ2) is 3.69. The molecule has 2 bridgehead atoms. The van der Waals surface area contributed by atoms with Crippen molar-refractivity contribution in [3.05, 3.63) is 11.6 Å². The van der Waals surface area contributed by atoms with E-state index in [-0.39, 0.29) is 29.0 Å². The Morgan fingerprint density at radius 2 is 2.41 bits per heavy atom. The van der Waals surface area contributed by atoms with Crippen LogP contribution in [0.3, 0.4) is 0 Å². The molecule has 92 valence electrons. The number of carbonyl (C=O) groups excluding carboxylic acids is 2. The van der Waals surface area contributed by atoms with Crippen molar-refractivity contribution >= 4 is 11.8 Å². The van der Waals surface area contributed by atoms with Gasteiger partial charge in [-0.1, -0.05) is 11.6 Å². The topological polar surface area (TPSA) is 43.4 Å². The maximum absolute atomic E-state index is 12.1. The highest BCUT2D eigenvalue weighted by molar-refractivity contribution is 5.92. The number of esters is 1. The molecule has 3 atom stereocenters. The van der Waals surface area contributed by atoms with Crippen LogP contribution in [-0.2, 0) is 14.3 Å². The molecule has 0 aromatic heterocycles. The van der Waals surface area contributed by atoms with Gasteiger partial charge in [0.05, 0.1) is 12.5 Å². The van der Waals surface area contributed by atoms with Gasteiger partial charge < -0.3 is 4.74 Å². The summed E-state index contributed by atoms with van der Waals surface area (Å²) in [6, 6.07) is 0. The molecule has 3 nitrogen and oxygen atoms in total. The molecule has 0 N–H and O–H groups in total. The van der Waals surface area contributed by atoms with Crippen LogP contribution in [0.15, 0.2) is 11.6 Å². The van der Waals surface area contributed by atoms with E-state index in [1.807, 2.05) is 6.92 Å². The lowest BCUT2D eigenvalue weighted by Gasteiger charge is -2.45. The van der Waals surface area contributed by atoms with E-state index in [1.54, 1.807) is 0 Å².